The number of amides is 7. The second kappa shape index (κ2) is 29.3. The Kier molecular flexibility index (Phi) is 21.8. The zero-order chi connectivity index (χ0) is 65.5. The number of nitrogens with one attached hydrogen (secondary N) is 3. The number of halogens is 2. The first-order chi connectivity index (χ1) is 43.3. The van der Waals surface area contributed by atoms with Crippen LogP contribution in [0.1, 0.15) is 68.9 Å². The molecule has 0 saturated carbocycles. The number of primary amides is 1. The van der Waals surface area contributed by atoms with Gasteiger partial charge in [-0.1, -0.05) is 26.0 Å². The predicted molar refractivity (Wildman–Crippen MR) is 314 cm³/mol. The normalized spacial score (nSPS) is 25.7. The zero-order valence-electron chi connectivity index (χ0n) is 49.4. The maximum absolute atomic E-state index is 16.8. The van der Waals surface area contributed by atoms with Gasteiger partial charge in [-0.25, -0.2) is 48.3 Å². The van der Waals surface area contributed by atoms with Gasteiger partial charge in [-0.3, -0.25) is 51.9 Å². The number of likely N-dealkylation sites (N-methyl/N-ethyl adjacent to an activating group) is 1. The maximum Gasteiger partial charge on any atom is 0.409 e. The van der Waals surface area contributed by atoms with Crippen molar-refractivity contribution in [2.24, 2.45) is 23.5 Å². The Morgan fingerprint density at radius 3 is 2.22 bits per heavy atom. The van der Waals surface area contributed by atoms with Gasteiger partial charge in [0.15, 0.2) is 41.9 Å². The zero-order valence-corrected chi connectivity index (χ0v) is 52.0. The standard InChI is InChI=1S/C54H66F2N14O18P2S/c1-28(2)44(66-38(72)13-15-68-39(73)11-12-40(68)74)35(71)18-31(6-5-14-58-53(57)77)50(76)65-32-9-7-30(8-10-32)20-83-54(78)67(4)16-17-82-41(75)19-34-46-49(62-25-60-34)70(27-64-46)51-42(55)33-23-89(79,80)84-22-37-47(88-90(81,91)85-21-36(33)86-51)43(56)52(87-37)69-26-63-45-29(3)59-24-61-48(45)69/h7-12,24-28,31,33,36-37,42-44,47,51-52H,5-6,13-23H2,1-4H3,(H,65,76)(H,66,72)(H,79,80)(H,81,91)(H3,57,58,77)/t31-,33-,36-,37-,42-,43-,44+,47-,51-,52-,90?/m1/s1. The Morgan fingerprint density at radius 2 is 1.53 bits per heavy atom. The number of Topliss-reactive ketones (excluding diaryl/α,β-unsaturated/α-hetero) is 1. The number of imide groups is 1. The Hall–Kier alpha value is -7.72. The molecule has 91 heavy (non-hydrogen) atoms. The SMILES string of the molecule is Cc1ncnc2c1ncn2[C@@H]1O[C@@H]2COP(=O)(O)C[C@H]3[C@@H](F)[C@H](n4cnc5c(CC(=O)OCCN(C)C(=O)OCc6ccc(NC(=O)[C@H](CCCNC(N)=O)CC(=O)[C@@H](NC(=O)CCN7C(=O)C=CC7=O)C(C)C)cc6)ncnc54)O[C@@H]3COP(O)(=S)O[C@H]2[C@H]1F. The Bertz CT molecular complexity index is 3680. The number of hydrogen-bond acceptors (Lipinski definition) is 23. The number of fused-ring (bicyclic) bond motifs is 4. The van der Waals surface area contributed by atoms with Gasteiger partial charge in [-0.2, -0.15) is 0 Å². The molecule has 12 atom stereocenters. The number of ether oxygens (including phenoxy) is 4. The highest BCUT2D eigenvalue weighted by molar-refractivity contribution is 8.07. The number of esters is 1. The van der Waals surface area contributed by atoms with Crippen LogP contribution in [0, 0.1) is 24.7 Å². The largest absolute Gasteiger partial charge is 0.463 e. The Morgan fingerprint density at radius 1 is 0.879 bits per heavy atom. The summed E-state index contributed by atoms with van der Waals surface area (Å²) >= 11 is 5.27. The molecule has 37 heteroatoms. The fraction of sp³-hybridized carbons (Fsp3) is 0.519. The number of nitrogens with zero attached hydrogens (tertiary/aromatic N) is 10. The van der Waals surface area contributed by atoms with E-state index in [1.165, 1.54) is 35.2 Å². The number of aryl methyl sites for hydroxylation is 1. The van der Waals surface area contributed by atoms with Gasteiger partial charge in [0.25, 0.3) is 11.8 Å². The van der Waals surface area contributed by atoms with Crippen molar-refractivity contribution in [1.82, 2.24) is 59.5 Å². The molecule has 4 aliphatic rings. The lowest BCUT2D eigenvalue weighted by Gasteiger charge is -2.28. The molecule has 4 aromatic heterocycles. The molecule has 3 saturated heterocycles. The van der Waals surface area contributed by atoms with E-state index in [2.05, 4.69) is 45.9 Å². The summed E-state index contributed by atoms with van der Waals surface area (Å²) in [6, 6.07) is 4.53. The van der Waals surface area contributed by atoms with E-state index in [1.54, 1.807) is 45.0 Å². The van der Waals surface area contributed by atoms with Crippen molar-refractivity contribution in [3.63, 3.8) is 0 Å². The van der Waals surface area contributed by atoms with Crippen LogP contribution in [0.15, 0.2) is 61.7 Å². The van der Waals surface area contributed by atoms with E-state index in [1.807, 2.05) is 0 Å². The molecule has 3 fully saturated rings. The third-order valence-corrected chi connectivity index (χ3v) is 18.3. The minimum Gasteiger partial charge on any atom is -0.463 e. The topological polar surface area (TPSA) is 414 Å². The van der Waals surface area contributed by atoms with E-state index >= 15 is 8.78 Å². The molecule has 9 rings (SSSR count). The number of nitrogens with two attached hydrogens (primary N) is 1. The molecule has 4 aliphatic heterocycles. The molecular formula is C54H66F2N14O18P2S. The lowest BCUT2D eigenvalue weighted by atomic mass is 9.89. The molecule has 8 heterocycles. The number of ketones is 1. The van der Waals surface area contributed by atoms with Crippen LogP contribution in [0.3, 0.4) is 0 Å². The van der Waals surface area contributed by atoms with Crippen molar-refractivity contribution in [3.8, 4) is 0 Å². The monoisotopic (exact) mass is 1330 g/mol. The first kappa shape index (κ1) is 67.7. The van der Waals surface area contributed by atoms with E-state index in [0.29, 0.717) is 22.5 Å². The predicted octanol–water partition coefficient (Wildman–Crippen LogP) is 2.67. The van der Waals surface area contributed by atoms with E-state index < -0.39 is 155 Å². The maximum atomic E-state index is 16.8. The summed E-state index contributed by atoms with van der Waals surface area (Å²) in [5.41, 5.74) is 7.26. The molecule has 2 unspecified atom stereocenters. The van der Waals surface area contributed by atoms with Gasteiger partial charge >= 0.3 is 32.4 Å². The van der Waals surface area contributed by atoms with Gasteiger partial charge in [0.1, 0.15) is 49.1 Å². The molecule has 0 radical (unpaired) electrons. The van der Waals surface area contributed by atoms with Crippen molar-refractivity contribution in [3.05, 3.63) is 78.7 Å². The van der Waals surface area contributed by atoms with Crippen LogP contribution in [-0.4, -0.2) is 195 Å². The highest BCUT2D eigenvalue weighted by atomic mass is 32.5. The third-order valence-electron chi connectivity index (χ3n) is 15.3. The minimum absolute atomic E-state index is 0.00245. The molecule has 0 aliphatic carbocycles. The molecule has 7 N–H and O–H groups in total. The number of rotatable bonds is 23. The molecule has 0 spiro atoms. The van der Waals surface area contributed by atoms with Crippen LogP contribution >= 0.6 is 14.3 Å². The van der Waals surface area contributed by atoms with E-state index in [9.17, 15) is 52.7 Å². The number of imidazole rings is 2. The van der Waals surface area contributed by atoms with Crippen LogP contribution in [0.25, 0.3) is 22.3 Å². The fourth-order valence-corrected chi connectivity index (χ4v) is 13.4. The number of carbonyl (C=O) groups excluding carboxylic acids is 8. The number of anilines is 1. The van der Waals surface area contributed by atoms with Crippen molar-refractivity contribution < 1.29 is 94.0 Å². The number of carbonyl (C=O) groups is 8. The quantitative estimate of drug-likeness (QED) is 0.0237. The summed E-state index contributed by atoms with van der Waals surface area (Å²) in [6.07, 6.45) is -6.82. The smallest absolute Gasteiger partial charge is 0.409 e. The number of alkyl halides is 2. The van der Waals surface area contributed by atoms with Gasteiger partial charge in [-0.05, 0) is 55.2 Å². The van der Waals surface area contributed by atoms with E-state index in [-0.39, 0.29) is 81.0 Å². The number of hydrogen-bond donors (Lipinski definition) is 6. The van der Waals surface area contributed by atoms with Crippen molar-refractivity contribution in [2.75, 3.05) is 58.0 Å². The van der Waals surface area contributed by atoms with Crippen molar-refractivity contribution in [1.29, 1.82) is 0 Å². The Labute approximate surface area is 522 Å². The Balaban J connectivity index is 0.738. The van der Waals surface area contributed by atoms with Gasteiger partial charge < -0.3 is 64.4 Å². The fourth-order valence-electron chi connectivity index (χ4n) is 10.5. The molecule has 7 amide bonds. The van der Waals surface area contributed by atoms with Gasteiger partial charge in [-0.15, -0.1) is 0 Å². The number of urea groups is 1. The van der Waals surface area contributed by atoms with Crippen LogP contribution in [0.5, 0.6) is 0 Å². The minimum atomic E-state index is -4.74. The average molecular weight is 1330 g/mol. The van der Waals surface area contributed by atoms with Crippen molar-refractivity contribution in [2.45, 2.75) is 109 Å². The molecule has 490 valence electrons. The summed E-state index contributed by atoms with van der Waals surface area (Å²) < 4.78 is 88.7. The summed E-state index contributed by atoms with van der Waals surface area (Å²) in [4.78, 5) is 151. The van der Waals surface area contributed by atoms with Gasteiger partial charge in [0.2, 0.25) is 11.8 Å². The lowest BCUT2D eigenvalue weighted by Crippen LogP contribution is -2.46. The summed E-state index contributed by atoms with van der Waals surface area (Å²) in [5, 5.41) is 7.89. The van der Waals surface area contributed by atoms with E-state index in [4.69, 9.17) is 50.1 Å². The number of aromatic nitrogens is 8. The van der Waals surface area contributed by atoms with Crippen molar-refractivity contribution >= 4 is 102 Å². The highest BCUT2D eigenvalue weighted by Gasteiger charge is 2.54. The summed E-state index contributed by atoms with van der Waals surface area (Å²) in [6.45, 7) is -1.34. The van der Waals surface area contributed by atoms with Crippen LogP contribution in [0.4, 0.5) is 24.1 Å². The molecule has 32 nitrogen and oxygen atoms in total. The van der Waals surface area contributed by atoms with Gasteiger partial charge in [0, 0.05) is 62.7 Å². The molecule has 1 aromatic carbocycles. The molecule has 0 bridgehead atoms. The molecular weight excluding hydrogens is 1260 g/mol. The second-order valence-electron chi connectivity index (χ2n) is 22.1. The average Bonchev–Trinajstić information content (AvgIpc) is 1.63. The lowest BCUT2D eigenvalue weighted by molar-refractivity contribution is -0.143. The summed E-state index contributed by atoms with van der Waals surface area (Å²) in [5.74, 6) is -6.15. The first-order valence-corrected chi connectivity index (χ1v) is 33.0. The highest BCUT2D eigenvalue weighted by Crippen LogP contribution is 2.55. The van der Waals surface area contributed by atoms with Crippen LogP contribution in [-0.2, 0) is 90.7 Å². The molecule has 5 aromatic rings. The van der Waals surface area contributed by atoms with Gasteiger partial charge in [0.05, 0.1) is 68.5 Å². The van der Waals surface area contributed by atoms with Crippen LogP contribution in [0.2, 0.25) is 0 Å². The second-order valence-corrected chi connectivity index (χ2v) is 26.8. The first-order valence-electron chi connectivity index (χ1n) is 28.6. The van der Waals surface area contributed by atoms with Crippen LogP contribution < -0.4 is 21.7 Å². The summed E-state index contributed by atoms with van der Waals surface area (Å²) in [7, 11) is -3.33. The third kappa shape index (κ3) is 16.7. The number of benzene rings is 1. The van der Waals surface area contributed by atoms with E-state index in [0.717, 1.165) is 28.3 Å².